The third-order valence-electron chi connectivity index (χ3n) is 3.32. The molecule has 1 amide bonds. The number of nitrogens with one attached hydrogen (secondary N) is 1. The Bertz CT molecular complexity index is 572. The second-order valence-electron chi connectivity index (χ2n) is 4.80. The number of rotatable bonds is 5. The number of carboxylic acids is 2. The van der Waals surface area contributed by atoms with Gasteiger partial charge in [-0.3, -0.25) is 15.0 Å². The van der Waals surface area contributed by atoms with Crippen LogP contribution < -0.4 is 11.2 Å². The molecule has 0 spiro atoms. The molecule has 112 valence electrons. The predicted molar refractivity (Wildman–Crippen MR) is 71.1 cm³/mol. The molecule has 0 unspecified atom stereocenters. The van der Waals surface area contributed by atoms with Crippen molar-refractivity contribution in [1.82, 2.24) is 10.4 Å². The molecule has 8 nitrogen and oxygen atoms in total. The fourth-order valence-electron chi connectivity index (χ4n) is 2.18. The maximum Gasteiger partial charge on any atom is 0.335 e. The van der Waals surface area contributed by atoms with Crippen LogP contribution in [0.1, 0.15) is 22.3 Å². The van der Waals surface area contributed by atoms with Crippen LogP contribution in [-0.2, 0) is 16.1 Å². The van der Waals surface area contributed by atoms with Crippen LogP contribution in [0.5, 0.6) is 0 Å². The van der Waals surface area contributed by atoms with E-state index in [1.807, 2.05) is 0 Å². The van der Waals surface area contributed by atoms with Crippen molar-refractivity contribution in [3.63, 3.8) is 0 Å². The van der Waals surface area contributed by atoms with Gasteiger partial charge in [0.25, 0.3) is 0 Å². The summed E-state index contributed by atoms with van der Waals surface area (Å²) in [4.78, 5) is 33.2. The molecule has 1 aromatic carbocycles. The molecule has 1 saturated heterocycles. The molecule has 0 radical (unpaired) electrons. The SMILES string of the molecule is N[C@H](C(=O)O)[C@@H]1CC(=O)NN1Cc1ccc(C(=O)O)cc1. The number of carboxylic acid groups (broad SMARTS) is 2. The number of hydrogen-bond donors (Lipinski definition) is 4. The van der Waals surface area contributed by atoms with Gasteiger partial charge in [0, 0.05) is 13.0 Å². The molecule has 1 aliphatic heterocycles. The maximum absolute atomic E-state index is 11.4. The molecule has 0 saturated carbocycles. The van der Waals surface area contributed by atoms with E-state index in [1.54, 1.807) is 12.1 Å². The number of benzene rings is 1. The lowest BCUT2D eigenvalue weighted by Gasteiger charge is -2.25. The summed E-state index contributed by atoms with van der Waals surface area (Å²) in [5.41, 5.74) is 9.04. The summed E-state index contributed by atoms with van der Waals surface area (Å²) in [6.07, 6.45) is 0.0146. The second-order valence-corrected chi connectivity index (χ2v) is 4.80. The number of aromatic carboxylic acids is 1. The number of hydrogen-bond acceptors (Lipinski definition) is 5. The van der Waals surface area contributed by atoms with Gasteiger partial charge < -0.3 is 15.9 Å². The van der Waals surface area contributed by atoms with Gasteiger partial charge in [-0.15, -0.1) is 0 Å². The highest BCUT2D eigenvalue weighted by atomic mass is 16.4. The Morgan fingerprint density at radius 3 is 2.48 bits per heavy atom. The Balaban J connectivity index is 2.11. The molecule has 21 heavy (non-hydrogen) atoms. The minimum atomic E-state index is -1.18. The van der Waals surface area contributed by atoms with Gasteiger partial charge in [0.15, 0.2) is 0 Å². The van der Waals surface area contributed by atoms with Crippen LogP contribution in [0.3, 0.4) is 0 Å². The van der Waals surface area contributed by atoms with E-state index in [2.05, 4.69) is 5.43 Å². The molecule has 0 aliphatic carbocycles. The molecule has 1 heterocycles. The number of amides is 1. The number of nitrogens with two attached hydrogens (primary N) is 1. The molecule has 2 atom stereocenters. The van der Waals surface area contributed by atoms with Crippen molar-refractivity contribution >= 4 is 17.8 Å². The van der Waals surface area contributed by atoms with Crippen molar-refractivity contribution in [3.05, 3.63) is 35.4 Å². The maximum atomic E-state index is 11.4. The molecule has 1 fully saturated rings. The zero-order valence-electron chi connectivity index (χ0n) is 11.0. The highest BCUT2D eigenvalue weighted by molar-refractivity contribution is 5.87. The largest absolute Gasteiger partial charge is 0.480 e. The highest BCUT2D eigenvalue weighted by Gasteiger charge is 2.37. The summed E-state index contributed by atoms with van der Waals surface area (Å²) in [5, 5.41) is 19.2. The zero-order valence-corrected chi connectivity index (χ0v) is 11.0. The second kappa shape index (κ2) is 5.90. The molecule has 8 heteroatoms. The summed E-state index contributed by atoms with van der Waals surface area (Å²) >= 11 is 0. The van der Waals surface area contributed by atoms with Crippen molar-refractivity contribution in [3.8, 4) is 0 Å². The van der Waals surface area contributed by atoms with Crippen LogP contribution in [0.2, 0.25) is 0 Å². The average molecular weight is 293 g/mol. The van der Waals surface area contributed by atoms with Gasteiger partial charge in [0.05, 0.1) is 11.6 Å². The molecule has 5 N–H and O–H groups in total. The van der Waals surface area contributed by atoms with Gasteiger partial charge in [0.2, 0.25) is 5.91 Å². The van der Waals surface area contributed by atoms with E-state index in [0.717, 1.165) is 5.56 Å². The molecule has 1 aliphatic rings. The number of hydrazine groups is 1. The van der Waals surface area contributed by atoms with Crippen molar-refractivity contribution in [2.45, 2.75) is 25.0 Å². The smallest absolute Gasteiger partial charge is 0.335 e. The fourth-order valence-corrected chi connectivity index (χ4v) is 2.18. The van der Waals surface area contributed by atoms with E-state index in [9.17, 15) is 14.4 Å². The van der Waals surface area contributed by atoms with Crippen LogP contribution >= 0.6 is 0 Å². The van der Waals surface area contributed by atoms with Crippen LogP contribution in [0, 0.1) is 0 Å². The van der Waals surface area contributed by atoms with E-state index in [1.165, 1.54) is 17.1 Å². The minimum Gasteiger partial charge on any atom is -0.480 e. The summed E-state index contributed by atoms with van der Waals surface area (Å²) < 4.78 is 0. The summed E-state index contributed by atoms with van der Waals surface area (Å²) in [7, 11) is 0. The van der Waals surface area contributed by atoms with E-state index in [-0.39, 0.29) is 24.4 Å². The highest BCUT2D eigenvalue weighted by Crippen LogP contribution is 2.17. The standard InChI is InChI=1S/C13H15N3O5/c14-11(13(20)21)9-5-10(17)15-16(9)6-7-1-3-8(4-2-7)12(18)19/h1-4,9,11H,5-6,14H2,(H,15,17)(H,18,19)(H,20,21)/t9-,11-/m0/s1. The lowest BCUT2D eigenvalue weighted by atomic mass is 10.1. The third-order valence-corrected chi connectivity index (χ3v) is 3.32. The van der Waals surface area contributed by atoms with Crippen molar-refractivity contribution in [1.29, 1.82) is 0 Å². The molecular weight excluding hydrogens is 278 g/mol. The lowest BCUT2D eigenvalue weighted by molar-refractivity contribution is -0.140. The fraction of sp³-hybridized carbons (Fsp3) is 0.308. The van der Waals surface area contributed by atoms with Gasteiger partial charge in [0.1, 0.15) is 6.04 Å². The molecule has 1 aromatic rings. The monoisotopic (exact) mass is 293 g/mol. The normalized spacial score (nSPS) is 20.0. The Kier molecular flexibility index (Phi) is 4.20. The Hall–Kier alpha value is -2.45. The molecule has 0 aromatic heterocycles. The van der Waals surface area contributed by atoms with Crippen molar-refractivity contribution in [2.24, 2.45) is 5.73 Å². The first-order chi connectivity index (χ1) is 9.88. The first-order valence-corrected chi connectivity index (χ1v) is 6.25. The van der Waals surface area contributed by atoms with E-state index in [4.69, 9.17) is 15.9 Å². The van der Waals surface area contributed by atoms with Crippen LogP contribution in [0.4, 0.5) is 0 Å². The summed E-state index contributed by atoms with van der Waals surface area (Å²) in [6, 6.07) is 4.29. The third kappa shape index (κ3) is 3.36. The molecule has 0 bridgehead atoms. The number of nitrogens with zero attached hydrogens (tertiary/aromatic N) is 1. The topological polar surface area (TPSA) is 133 Å². The Morgan fingerprint density at radius 2 is 1.95 bits per heavy atom. The summed E-state index contributed by atoms with van der Waals surface area (Å²) in [6.45, 7) is 0.247. The lowest BCUT2D eigenvalue weighted by Crippen LogP contribution is -2.50. The van der Waals surface area contributed by atoms with Gasteiger partial charge in [-0.1, -0.05) is 12.1 Å². The zero-order chi connectivity index (χ0) is 15.6. The average Bonchev–Trinajstić information content (AvgIpc) is 2.79. The van der Waals surface area contributed by atoms with E-state index in [0.29, 0.717) is 0 Å². The van der Waals surface area contributed by atoms with Crippen LogP contribution in [0.25, 0.3) is 0 Å². The summed E-state index contributed by atoms with van der Waals surface area (Å²) in [5.74, 6) is -2.50. The van der Waals surface area contributed by atoms with Gasteiger partial charge in [-0.25, -0.2) is 9.80 Å². The minimum absolute atomic E-state index is 0.0146. The van der Waals surface area contributed by atoms with Crippen molar-refractivity contribution < 1.29 is 24.6 Å². The molecule has 2 rings (SSSR count). The van der Waals surface area contributed by atoms with E-state index < -0.39 is 24.0 Å². The van der Waals surface area contributed by atoms with Gasteiger partial charge >= 0.3 is 11.9 Å². The van der Waals surface area contributed by atoms with Gasteiger partial charge in [-0.2, -0.15) is 0 Å². The molecular formula is C13H15N3O5. The van der Waals surface area contributed by atoms with Gasteiger partial charge in [-0.05, 0) is 17.7 Å². The number of carbonyl (C=O) groups excluding carboxylic acids is 1. The predicted octanol–water partition coefficient (Wildman–Crippen LogP) is -0.598. The first-order valence-electron chi connectivity index (χ1n) is 6.25. The van der Waals surface area contributed by atoms with Crippen molar-refractivity contribution in [2.75, 3.05) is 0 Å². The number of carbonyl (C=O) groups is 3. The van der Waals surface area contributed by atoms with Crippen LogP contribution in [0.15, 0.2) is 24.3 Å². The Labute approximate surface area is 120 Å². The van der Waals surface area contributed by atoms with E-state index >= 15 is 0 Å². The van der Waals surface area contributed by atoms with Crippen LogP contribution in [-0.4, -0.2) is 45.2 Å². The quantitative estimate of drug-likeness (QED) is 0.569. The Morgan fingerprint density at radius 1 is 1.33 bits per heavy atom. The first kappa shape index (κ1) is 14.9. The number of aliphatic carboxylic acids is 1.